The summed E-state index contributed by atoms with van der Waals surface area (Å²) in [6.45, 7) is 3.67. The summed E-state index contributed by atoms with van der Waals surface area (Å²) in [6, 6.07) is 1.78. The maximum Gasteiger partial charge on any atom is 0.331 e. The number of nitrogens with zero attached hydrogens (tertiary/aromatic N) is 3. The molecule has 3 aromatic heterocycles. The normalized spacial score (nSPS) is 22.1. The number of aromatic nitrogens is 4. The molecule has 0 amide bonds. The molecule has 0 aliphatic heterocycles. The van der Waals surface area contributed by atoms with E-state index in [1.54, 1.807) is 29.8 Å². The number of nitrogens with one attached hydrogen (secondary N) is 1. The van der Waals surface area contributed by atoms with E-state index in [4.69, 9.17) is 0 Å². The smallest absolute Gasteiger partial charge is 0.331 e. The lowest BCUT2D eigenvalue weighted by Crippen LogP contribution is -2.48. The zero-order chi connectivity index (χ0) is 24.8. The van der Waals surface area contributed by atoms with Crippen molar-refractivity contribution >= 4 is 38.6 Å². The van der Waals surface area contributed by atoms with Crippen LogP contribution in [0.4, 0.5) is 0 Å². The molecule has 35 heavy (non-hydrogen) atoms. The monoisotopic (exact) mass is 494 g/mol. The number of allylic oxidation sites excluding steroid dienone is 3. The number of hydrogen-bond acceptors (Lipinski definition) is 5. The molecular weight excluding hydrogens is 464 g/mol. The second-order valence-corrected chi connectivity index (χ2v) is 11.6. The highest BCUT2D eigenvalue weighted by atomic mass is 32.2. The van der Waals surface area contributed by atoms with Crippen LogP contribution < -0.4 is 0 Å². The van der Waals surface area contributed by atoms with Gasteiger partial charge in [-0.15, -0.1) is 0 Å². The van der Waals surface area contributed by atoms with Gasteiger partial charge in [-0.05, 0) is 50.7 Å². The number of rotatable bonds is 6. The Morgan fingerprint density at radius 3 is 2.74 bits per heavy atom. The number of aromatic amines is 1. The first-order valence-corrected chi connectivity index (χ1v) is 13.7. The van der Waals surface area contributed by atoms with Gasteiger partial charge in [0.05, 0.1) is 22.9 Å². The number of aliphatic carboxylic acids is 1. The van der Waals surface area contributed by atoms with Crippen molar-refractivity contribution in [2.75, 3.05) is 0 Å². The van der Waals surface area contributed by atoms with Gasteiger partial charge in [-0.2, -0.15) is 0 Å². The molecule has 184 valence electrons. The molecule has 0 bridgehead atoms. The lowest BCUT2D eigenvalue weighted by Gasteiger charge is -2.43. The van der Waals surface area contributed by atoms with Crippen LogP contribution in [0, 0.1) is 5.92 Å². The van der Waals surface area contributed by atoms with E-state index in [-0.39, 0.29) is 23.1 Å². The average molecular weight is 495 g/mol. The van der Waals surface area contributed by atoms with Gasteiger partial charge in [0.15, 0.2) is 5.65 Å². The first-order chi connectivity index (χ1) is 16.8. The zero-order valence-electron chi connectivity index (χ0n) is 20.0. The Kier molecular flexibility index (Phi) is 5.91. The molecule has 1 atom stereocenters. The molecule has 0 radical (unpaired) electrons. The average Bonchev–Trinajstić information content (AvgIpc) is 3.48. The van der Waals surface area contributed by atoms with Gasteiger partial charge in [0.1, 0.15) is 4.75 Å². The van der Waals surface area contributed by atoms with Crippen molar-refractivity contribution in [2.45, 2.75) is 68.7 Å². The lowest BCUT2D eigenvalue weighted by molar-refractivity contribution is -0.132. The number of fused-ring (bicyclic) bond motifs is 3. The maximum atomic E-state index is 14.8. The molecule has 8 nitrogen and oxygen atoms in total. The third-order valence-corrected chi connectivity index (χ3v) is 10.2. The number of carboxylic acids is 1. The predicted molar refractivity (Wildman–Crippen MR) is 135 cm³/mol. The van der Waals surface area contributed by atoms with Crippen LogP contribution >= 0.6 is 0 Å². The van der Waals surface area contributed by atoms with Crippen LogP contribution in [0.25, 0.3) is 22.8 Å². The van der Waals surface area contributed by atoms with E-state index in [1.807, 2.05) is 25.2 Å². The molecule has 0 spiro atoms. The third kappa shape index (κ3) is 3.55. The SMILES string of the molecule is CC/C(=C\c1nc(S(=O)(=O)C2(C3CCCCC3)CC=CC=C2C)n2c1cnc1[nH]ccc12)C(=O)O. The molecule has 3 aromatic rings. The summed E-state index contributed by atoms with van der Waals surface area (Å²) >= 11 is 0. The van der Waals surface area contributed by atoms with Gasteiger partial charge in [0.25, 0.3) is 0 Å². The molecule has 2 aliphatic carbocycles. The molecule has 2 N–H and O–H groups in total. The Labute approximate surface area is 204 Å². The van der Waals surface area contributed by atoms with Crippen molar-refractivity contribution in [3.8, 4) is 0 Å². The number of hydrogen-bond donors (Lipinski definition) is 2. The van der Waals surface area contributed by atoms with Gasteiger partial charge in [0.2, 0.25) is 15.0 Å². The molecular formula is C26H30N4O4S. The van der Waals surface area contributed by atoms with Crippen molar-refractivity contribution in [1.82, 2.24) is 19.4 Å². The molecule has 0 saturated heterocycles. The lowest BCUT2D eigenvalue weighted by atomic mass is 9.73. The molecule has 0 aromatic carbocycles. The first kappa shape index (κ1) is 23.5. The van der Waals surface area contributed by atoms with Crippen molar-refractivity contribution in [1.29, 1.82) is 0 Å². The fraction of sp³-hybridized carbons (Fsp3) is 0.423. The fourth-order valence-corrected chi connectivity index (χ4v) is 8.30. The van der Waals surface area contributed by atoms with Crippen LogP contribution in [0.15, 0.2) is 53.0 Å². The number of carbonyl (C=O) groups is 1. The molecule has 1 fully saturated rings. The van der Waals surface area contributed by atoms with Crippen LogP contribution in [0.3, 0.4) is 0 Å². The maximum absolute atomic E-state index is 14.8. The summed E-state index contributed by atoms with van der Waals surface area (Å²) in [6.07, 6.45) is 16.1. The summed E-state index contributed by atoms with van der Waals surface area (Å²) in [5.74, 6) is -1.06. The number of carboxylic acid groups (broad SMARTS) is 1. The van der Waals surface area contributed by atoms with Crippen LogP contribution in [-0.4, -0.2) is 43.6 Å². The molecule has 1 saturated carbocycles. The Morgan fingerprint density at radius 1 is 1.29 bits per heavy atom. The topological polar surface area (TPSA) is 117 Å². The largest absolute Gasteiger partial charge is 0.478 e. The Bertz CT molecular complexity index is 1500. The molecule has 2 aliphatic rings. The minimum atomic E-state index is -4.00. The van der Waals surface area contributed by atoms with E-state index < -0.39 is 20.6 Å². The van der Waals surface area contributed by atoms with E-state index in [9.17, 15) is 18.3 Å². The van der Waals surface area contributed by atoms with Gasteiger partial charge < -0.3 is 10.1 Å². The van der Waals surface area contributed by atoms with Crippen LogP contribution in [-0.2, 0) is 14.6 Å². The molecule has 5 rings (SSSR count). The number of H-pyrrole nitrogens is 1. The van der Waals surface area contributed by atoms with E-state index in [0.717, 1.165) is 37.7 Å². The van der Waals surface area contributed by atoms with Gasteiger partial charge in [-0.3, -0.25) is 4.40 Å². The van der Waals surface area contributed by atoms with Crippen molar-refractivity contribution < 1.29 is 18.3 Å². The third-order valence-electron chi connectivity index (χ3n) is 7.69. The summed E-state index contributed by atoms with van der Waals surface area (Å²) < 4.78 is 30.1. The molecule has 1 unspecified atom stereocenters. The Balaban J connectivity index is 1.82. The predicted octanol–water partition coefficient (Wildman–Crippen LogP) is 5.09. The molecule has 9 heteroatoms. The Morgan fingerprint density at radius 2 is 2.06 bits per heavy atom. The summed E-state index contributed by atoms with van der Waals surface area (Å²) in [5, 5.41) is 9.55. The highest BCUT2D eigenvalue weighted by Gasteiger charge is 2.53. The second-order valence-electron chi connectivity index (χ2n) is 9.51. The standard InChI is InChI=1S/C26H30N4O4S/c1-3-18(24(31)32)15-20-22-16-28-23-21(12-14-27-23)30(22)25(29-20)35(33,34)26(13-8-7-9-17(26)2)19-10-5-4-6-11-19/h7-9,12,14-16,19,27H,3-6,10-11,13H2,1-2H3,(H,31,32)/b18-15+. The van der Waals surface area contributed by atoms with Crippen molar-refractivity contribution in [3.05, 3.63) is 53.5 Å². The van der Waals surface area contributed by atoms with Gasteiger partial charge in [-0.1, -0.05) is 50.0 Å². The first-order valence-electron chi connectivity index (χ1n) is 12.2. The summed E-state index contributed by atoms with van der Waals surface area (Å²) in [4.78, 5) is 23.8. The summed E-state index contributed by atoms with van der Waals surface area (Å²) in [7, 11) is -4.00. The summed E-state index contributed by atoms with van der Waals surface area (Å²) in [5.41, 5.74) is 2.88. The van der Waals surface area contributed by atoms with Gasteiger partial charge in [-0.25, -0.2) is 23.2 Å². The van der Waals surface area contributed by atoms with E-state index >= 15 is 0 Å². The Hall–Kier alpha value is -3.20. The zero-order valence-corrected chi connectivity index (χ0v) is 20.8. The quantitative estimate of drug-likeness (QED) is 0.461. The minimum Gasteiger partial charge on any atom is -0.478 e. The van der Waals surface area contributed by atoms with Gasteiger partial charge in [0, 0.05) is 11.8 Å². The van der Waals surface area contributed by atoms with Crippen LogP contribution in [0.2, 0.25) is 0 Å². The fourth-order valence-electron chi connectivity index (χ4n) is 5.83. The van der Waals surface area contributed by atoms with E-state index in [0.29, 0.717) is 28.8 Å². The number of sulfone groups is 1. The van der Waals surface area contributed by atoms with Crippen molar-refractivity contribution in [3.63, 3.8) is 0 Å². The molecule has 3 heterocycles. The van der Waals surface area contributed by atoms with Crippen molar-refractivity contribution in [2.24, 2.45) is 5.92 Å². The number of imidazole rings is 1. The van der Waals surface area contributed by atoms with E-state index in [1.165, 1.54) is 6.08 Å². The van der Waals surface area contributed by atoms with E-state index in [2.05, 4.69) is 15.0 Å². The highest BCUT2D eigenvalue weighted by Crippen LogP contribution is 2.49. The minimum absolute atomic E-state index is 0.0115. The van der Waals surface area contributed by atoms with Crippen LogP contribution in [0.1, 0.15) is 64.5 Å². The van der Waals surface area contributed by atoms with Crippen LogP contribution in [0.5, 0.6) is 0 Å². The second kappa shape index (κ2) is 8.78. The highest BCUT2D eigenvalue weighted by molar-refractivity contribution is 7.93. The van der Waals surface area contributed by atoms with Gasteiger partial charge >= 0.3 is 5.97 Å².